The summed E-state index contributed by atoms with van der Waals surface area (Å²) in [7, 11) is 0. The minimum Gasteiger partial charge on any atom is -0.310 e. The van der Waals surface area contributed by atoms with Gasteiger partial charge in [0.25, 0.3) is 5.69 Å². The summed E-state index contributed by atoms with van der Waals surface area (Å²) in [5.41, 5.74) is 1.09. The molecule has 1 saturated carbocycles. The van der Waals surface area contributed by atoms with E-state index in [1.807, 2.05) is 6.07 Å². The smallest absolute Gasteiger partial charge is 0.283 e. The van der Waals surface area contributed by atoms with E-state index in [4.69, 9.17) is 0 Å². The Morgan fingerprint density at radius 3 is 2.79 bits per heavy atom. The summed E-state index contributed by atoms with van der Waals surface area (Å²) in [5, 5.41) is 14.4. The molecule has 2 rings (SSSR count). The van der Waals surface area contributed by atoms with E-state index in [2.05, 4.69) is 28.2 Å². The second-order valence-corrected chi connectivity index (χ2v) is 6.11. The highest BCUT2D eigenvalue weighted by Gasteiger charge is 2.21. The Kier molecular flexibility index (Phi) is 4.93. The van der Waals surface area contributed by atoms with Gasteiger partial charge in [0, 0.05) is 18.7 Å². The first-order chi connectivity index (χ1) is 9.08. The largest absolute Gasteiger partial charge is 0.310 e. The van der Waals surface area contributed by atoms with Crippen LogP contribution in [0.4, 0.5) is 5.69 Å². The molecule has 1 fully saturated rings. The lowest BCUT2D eigenvalue weighted by Crippen LogP contribution is -2.31. The van der Waals surface area contributed by atoms with Gasteiger partial charge in [-0.2, -0.15) is 0 Å². The normalized spacial score (nSPS) is 17.6. The van der Waals surface area contributed by atoms with Gasteiger partial charge in [0.05, 0.1) is 9.40 Å². The average Bonchev–Trinajstić information content (AvgIpc) is 2.91. The lowest BCUT2D eigenvalue weighted by atomic mass is 9.99. The maximum Gasteiger partial charge on any atom is 0.283 e. The summed E-state index contributed by atoms with van der Waals surface area (Å²) in [4.78, 5) is 10.5. The summed E-state index contributed by atoms with van der Waals surface area (Å²) in [5.74, 6) is 0.755. The zero-order valence-electron chi connectivity index (χ0n) is 11.1. The molecule has 1 aliphatic rings. The molecule has 1 aliphatic carbocycles. The molecular weight excluding hydrogens is 308 g/mol. The zero-order chi connectivity index (χ0) is 13.8. The predicted octanol–water partition coefficient (Wildman–Crippen LogP) is 4.03. The SMILES string of the molecule is C[C@@H](NCc1ccc(Br)c([N+](=O)[O-])c1)C1CCCC1. The van der Waals surface area contributed by atoms with Crippen LogP contribution in [0.5, 0.6) is 0 Å². The topological polar surface area (TPSA) is 55.2 Å². The van der Waals surface area contributed by atoms with Crippen molar-refractivity contribution in [3.05, 3.63) is 38.3 Å². The molecule has 5 heteroatoms. The standard InChI is InChI=1S/C14H19BrN2O2/c1-10(12-4-2-3-5-12)16-9-11-6-7-13(15)14(8-11)17(18)19/h6-8,10,12,16H,2-5,9H2,1H3/t10-/m1/s1. The van der Waals surface area contributed by atoms with Gasteiger partial charge in [-0.1, -0.05) is 18.9 Å². The average molecular weight is 327 g/mol. The van der Waals surface area contributed by atoms with Crippen LogP contribution in [0, 0.1) is 16.0 Å². The van der Waals surface area contributed by atoms with E-state index in [0.29, 0.717) is 17.1 Å². The van der Waals surface area contributed by atoms with Crippen molar-refractivity contribution in [2.45, 2.75) is 45.2 Å². The van der Waals surface area contributed by atoms with E-state index in [0.717, 1.165) is 11.5 Å². The van der Waals surface area contributed by atoms with Crippen LogP contribution in [0.25, 0.3) is 0 Å². The summed E-state index contributed by atoms with van der Waals surface area (Å²) in [6, 6.07) is 5.78. The number of nitro benzene ring substituents is 1. The number of benzene rings is 1. The van der Waals surface area contributed by atoms with Gasteiger partial charge >= 0.3 is 0 Å². The van der Waals surface area contributed by atoms with E-state index in [-0.39, 0.29) is 10.6 Å². The Morgan fingerprint density at radius 1 is 1.47 bits per heavy atom. The minimum absolute atomic E-state index is 0.132. The van der Waals surface area contributed by atoms with Crippen LogP contribution in [0.2, 0.25) is 0 Å². The Balaban J connectivity index is 1.95. The van der Waals surface area contributed by atoms with Gasteiger partial charge in [-0.05, 0) is 53.2 Å². The number of nitrogens with one attached hydrogen (secondary N) is 1. The van der Waals surface area contributed by atoms with Crippen molar-refractivity contribution >= 4 is 21.6 Å². The van der Waals surface area contributed by atoms with E-state index in [9.17, 15) is 10.1 Å². The zero-order valence-corrected chi connectivity index (χ0v) is 12.6. The lowest BCUT2D eigenvalue weighted by molar-refractivity contribution is -0.385. The molecule has 104 valence electrons. The second kappa shape index (κ2) is 6.48. The number of hydrogen-bond donors (Lipinski definition) is 1. The summed E-state index contributed by atoms with van der Waals surface area (Å²) < 4.78 is 0.532. The van der Waals surface area contributed by atoms with E-state index in [1.165, 1.54) is 25.7 Å². The molecule has 0 unspecified atom stereocenters. The maximum atomic E-state index is 10.9. The highest BCUT2D eigenvalue weighted by atomic mass is 79.9. The molecule has 0 saturated heterocycles. The third-order valence-corrected chi connectivity index (χ3v) is 4.61. The van der Waals surface area contributed by atoms with Crippen molar-refractivity contribution in [1.29, 1.82) is 0 Å². The second-order valence-electron chi connectivity index (χ2n) is 5.26. The van der Waals surface area contributed by atoms with Gasteiger partial charge in [-0.3, -0.25) is 10.1 Å². The molecule has 19 heavy (non-hydrogen) atoms. The predicted molar refractivity (Wildman–Crippen MR) is 79.1 cm³/mol. The van der Waals surface area contributed by atoms with Crippen LogP contribution in [0.1, 0.15) is 38.2 Å². The van der Waals surface area contributed by atoms with Gasteiger partial charge in [0.1, 0.15) is 0 Å². The van der Waals surface area contributed by atoms with Crippen LogP contribution in [0.15, 0.2) is 22.7 Å². The highest BCUT2D eigenvalue weighted by molar-refractivity contribution is 9.10. The van der Waals surface area contributed by atoms with Gasteiger partial charge in [0.15, 0.2) is 0 Å². The summed E-state index contributed by atoms with van der Waals surface area (Å²) >= 11 is 3.20. The monoisotopic (exact) mass is 326 g/mol. The maximum absolute atomic E-state index is 10.9. The Bertz CT molecular complexity index is 459. The Morgan fingerprint density at radius 2 is 2.16 bits per heavy atom. The molecule has 0 spiro atoms. The molecule has 1 atom stereocenters. The molecule has 1 N–H and O–H groups in total. The fourth-order valence-electron chi connectivity index (χ4n) is 2.71. The summed E-state index contributed by atoms with van der Waals surface area (Å²) in [6.07, 6.45) is 5.27. The molecule has 0 aliphatic heterocycles. The van der Waals surface area contributed by atoms with Crippen LogP contribution in [-0.4, -0.2) is 11.0 Å². The van der Waals surface area contributed by atoms with Gasteiger partial charge in [-0.25, -0.2) is 0 Å². The number of hydrogen-bond acceptors (Lipinski definition) is 3. The van der Waals surface area contributed by atoms with Crippen molar-refractivity contribution < 1.29 is 4.92 Å². The number of halogens is 1. The quantitative estimate of drug-likeness (QED) is 0.656. The van der Waals surface area contributed by atoms with Crippen molar-refractivity contribution in [2.75, 3.05) is 0 Å². The fourth-order valence-corrected chi connectivity index (χ4v) is 3.10. The van der Waals surface area contributed by atoms with Gasteiger partial charge in [-0.15, -0.1) is 0 Å². The third kappa shape index (κ3) is 3.76. The van der Waals surface area contributed by atoms with E-state index >= 15 is 0 Å². The third-order valence-electron chi connectivity index (χ3n) is 3.94. The van der Waals surface area contributed by atoms with Crippen LogP contribution in [-0.2, 0) is 6.54 Å². The minimum atomic E-state index is -0.353. The molecule has 1 aromatic carbocycles. The molecule has 0 radical (unpaired) electrons. The first-order valence-electron chi connectivity index (χ1n) is 6.74. The molecule has 4 nitrogen and oxygen atoms in total. The van der Waals surface area contributed by atoms with Crippen molar-refractivity contribution in [3.63, 3.8) is 0 Å². The first-order valence-corrected chi connectivity index (χ1v) is 7.53. The first kappa shape index (κ1) is 14.5. The summed E-state index contributed by atoms with van der Waals surface area (Å²) in [6.45, 7) is 2.90. The molecule has 0 amide bonds. The molecule has 0 bridgehead atoms. The number of nitrogens with zero attached hydrogens (tertiary/aromatic N) is 1. The molecular formula is C14H19BrN2O2. The van der Waals surface area contributed by atoms with E-state index < -0.39 is 0 Å². The van der Waals surface area contributed by atoms with Gasteiger partial charge in [0.2, 0.25) is 0 Å². The van der Waals surface area contributed by atoms with E-state index in [1.54, 1.807) is 12.1 Å². The molecule has 1 aromatic rings. The number of rotatable bonds is 5. The Hall–Kier alpha value is -0.940. The van der Waals surface area contributed by atoms with Gasteiger partial charge < -0.3 is 5.32 Å². The van der Waals surface area contributed by atoms with Crippen molar-refractivity contribution in [2.24, 2.45) is 5.92 Å². The van der Waals surface area contributed by atoms with Crippen LogP contribution >= 0.6 is 15.9 Å². The lowest BCUT2D eigenvalue weighted by Gasteiger charge is -2.20. The Labute approximate surface area is 121 Å². The fraction of sp³-hybridized carbons (Fsp3) is 0.571. The highest BCUT2D eigenvalue weighted by Crippen LogP contribution is 2.28. The van der Waals surface area contributed by atoms with Crippen LogP contribution < -0.4 is 5.32 Å². The van der Waals surface area contributed by atoms with Crippen molar-refractivity contribution in [1.82, 2.24) is 5.32 Å². The number of nitro groups is 1. The molecule has 0 heterocycles. The van der Waals surface area contributed by atoms with Crippen LogP contribution in [0.3, 0.4) is 0 Å². The molecule has 0 aromatic heterocycles. The van der Waals surface area contributed by atoms with Crippen molar-refractivity contribution in [3.8, 4) is 0 Å².